The fraction of sp³-hybridized carbons (Fsp3) is 0.529. The van der Waals surface area contributed by atoms with Crippen LogP contribution in [0.25, 0.3) is 10.2 Å². The quantitative estimate of drug-likeness (QED) is 0.600. The molecular formula is C17H22BrN3O4S2. The number of hydrogen-bond donors (Lipinski definition) is 0. The van der Waals surface area contributed by atoms with Gasteiger partial charge in [-0.3, -0.25) is 4.79 Å². The number of carbonyl (C=O) groups excluding carboxylic acids is 1. The molecule has 27 heavy (non-hydrogen) atoms. The molecule has 1 aromatic carbocycles. The molecule has 1 unspecified atom stereocenters. The van der Waals surface area contributed by atoms with Crippen molar-refractivity contribution in [2.24, 2.45) is 4.99 Å². The van der Waals surface area contributed by atoms with Gasteiger partial charge in [-0.2, -0.15) is 9.30 Å². The fourth-order valence-corrected chi connectivity index (χ4v) is 5.93. The van der Waals surface area contributed by atoms with E-state index < -0.39 is 22.0 Å². The Morgan fingerprint density at radius 3 is 2.93 bits per heavy atom. The molecule has 0 saturated carbocycles. The second-order valence-corrected chi connectivity index (χ2v) is 10.2. The van der Waals surface area contributed by atoms with Crippen LogP contribution < -0.4 is 4.80 Å². The molecule has 0 aliphatic carbocycles. The molecule has 1 atom stereocenters. The molecule has 0 radical (unpaired) electrons. The van der Waals surface area contributed by atoms with Crippen molar-refractivity contribution in [3.05, 3.63) is 27.5 Å². The Morgan fingerprint density at radius 1 is 1.44 bits per heavy atom. The van der Waals surface area contributed by atoms with Crippen LogP contribution in [0.5, 0.6) is 0 Å². The number of sulfonamides is 1. The van der Waals surface area contributed by atoms with Crippen LogP contribution in [0, 0.1) is 0 Å². The Labute approximate surface area is 170 Å². The van der Waals surface area contributed by atoms with Gasteiger partial charge in [0.05, 0.1) is 23.1 Å². The minimum absolute atomic E-state index is 0.370. The summed E-state index contributed by atoms with van der Waals surface area (Å²) in [6.45, 7) is 4.00. The van der Waals surface area contributed by atoms with Crippen molar-refractivity contribution in [3.8, 4) is 0 Å². The predicted molar refractivity (Wildman–Crippen MR) is 109 cm³/mol. The maximum Gasteiger partial charge on any atom is 0.266 e. The standard InChI is InChI=1S/C17H22BrN3O4S2/c1-3-25-10-9-20-13-7-6-12(18)11-15(13)26-17(20)19-16(22)14-5-4-8-21(14)27(2,23)24/h6-7,11,14H,3-5,8-10H2,1-2H3. The summed E-state index contributed by atoms with van der Waals surface area (Å²) in [5, 5.41) is 0. The molecule has 10 heteroatoms. The van der Waals surface area contributed by atoms with Crippen LogP contribution in [0.3, 0.4) is 0 Å². The van der Waals surface area contributed by atoms with Crippen LogP contribution in [0.15, 0.2) is 27.7 Å². The van der Waals surface area contributed by atoms with Gasteiger partial charge in [0.1, 0.15) is 6.04 Å². The third-order valence-corrected chi connectivity index (χ3v) is 7.25. The van der Waals surface area contributed by atoms with Crippen molar-refractivity contribution in [1.82, 2.24) is 8.87 Å². The summed E-state index contributed by atoms with van der Waals surface area (Å²) in [6, 6.07) is 5.19. The zero-order valence-electron chi connectivity index (χ0n) is 15.2. The number of hydrogen-bond acceptors (Lipinski definition) is 5. The lowest BCUT2D eigenvalue weighted by atomic mass is 10.2. The molecule has 1 aromatic heterocycles. The summed E-state index contributed by atoms with van der Waals surface area (Å²) in [5.41, 5.74) is 0.973. The van der Waals surface area contributed by atoms with Crippen LogP contribution in [0.2, 0.25) is 0 Å². The Morgan fingerprint density at radius 2 is 2.22 bits per heavy atom. The lowest BCUT2D eigenvalue weighted by molar-refractivity contribution is -0.121. The number of fused-ring (bicyclic) bond motifs is 1. The summed E-state index contributed by atoms with van der Waals surface area (Å²) < 4.78 is 34.5. The van der Waals surface area contributed by atoms with Crippen molar-refractivity contribution in [2.45, 2.75) is 32.4 Å². The van der Waals surface area contributed by atoms with Crippen LogP contribution in [-0.4, -0.2) is 55.3 Å². The van der Waals surface area contributed by atoms with Gasteiger partial charge in [0, 0.05) is 24.2 Å². The number of ether oxygens (including phenoxy) is 1. The molecule has 148 valence electrons. The first-order valence-corrected chi connectivity index (χ1v) is 12.2. The fourth-order valence-electron chi connectivity index (χ4n) is 3.20. The third-order valence-electron chi connectivity index (χ3n) is 4.43. The lowest BCUT2D eigenvalue weighted by Crippen LogP contribution is -2.40. The topological polar surface area (TPSA) is 81.0 Å². The van der Waals surface area contributed by atoms with E-state index in [9.17, 15) is 13.2 Å². The number of thiazole rings is 1. The van der Waals surface area contributed by atoms with Crippen LogP contribution >= 0.6 is 27.3 Å². The molecule has 7 nitrogen and oxygen atoms in total. The Bertz CT molecular complexity index is 1010. The van der Waals surface area contributed by atoms with E-state index in [0.717, 1.165) is 20.9 Å². The zero-order valence-corrected chi connectivity index (χ0v) is 18.4. The zero-order chi connectivity index (χ0) is 19.6. The van der Waals surface area contributed by atoms with Gasteiger partial charge in [0.15, 0.2) is 4.80 Å². The van der Waals surface area contributed by atoms with Crippen LogP contribution in [-0.2, 0) is 26.1 Å². The van der Waals surface area contributed by atoms with Gasteiger partial charge in [0.25, 0.3) is 5.91 Å². The van der Waals surface area contributed by atoms with E-state index in [1.54, 1.807) is 0 Å². The van der Waals surface area contributed by atoms with Crippen molar-refractivity contribution in [2.75, 3.05) is 26.0 Å². The summed E-state index contributed by atoms with van der Waals surface area (Å²) in [6.07, 6.45) is 2.31. The number of halogens is 1. The van der Waals surface area contributed by atoms with Gasteiger partial charge in [-0.15, -0.1) is 0 Å². The van der Waals surface area contributed by atoms with Gasteiger partial charge in [-0.05, 0) is 38.0 Å². The van der Waals surface area contributed by atoms with Gasteiger partial charge in [-0.25, -0.2) is 8.42 Å². The molecule has 0 bridgehead atoms. The van der Waals surface area contributed by atoms with Gasteiger partial charge >= 0.3 is 0 Å². The van der Waals surface area contributed by atoms with Crippen molar-refractivity contribution >= 4 is 53.4 Å². The molecule has 1 aliphatic heterocycles. The number of benzene rings is 1. The summed E-state index contributed by atoms with van der Waals surface area (Å²) in [4.78, 5) is 17.7. The van der Waals surface area contributed by atoms with Crippen LogP contribution in [0.4, 0.5) is 0 Å². The van der Waals surface area contributed by atoms with E-state index in [-0.39, 0.29) is 0 Å². The molecular weight excluding hydrogens is 454 g/mol. The number of amides is 1. The molecule has 2 aromatic rings. The number of aromatic nitrogens is 1. The Kier molecular flexibility index (Phi) is 6.52. The summed E-state index contributed by atoms with van der Waals surface area (Å²) in [5.74, 6) is -0.409. The minimum Gasteiger partial charge on any atom is -0.380 e. The SMILES string of the molecule is CCOCCn1c(=NC(=O)C2CCCN2S(C)(=O)=O)sc2cc(Br)ccc21. The predicted octanol–water partition coefficient (Wildman–Crippen LogP) is 2.35. The van der Waals surface area contributed by atoms with E-state index >= 15 is 0 Å². The molecule has 2 heterocycles. The van der Waals surface area contributed by atoms with Crippen molar-refractivity contribution in [1.29, 1.82) is 0 Å². The van der Waals surface area contributed by atoms with E-state index in [0.29, 0.717) is 43.9 Å². The molecule has 0 spiro atoms. The molecule has 1 saturated heterocycles. The number of rotatable bonds is 6. The average molecular weight is 476 g/mol. The van der Waals surface area contributed by atoms with E-state index in [1.165, 1.54) is 15.6 Å². The van der Waals surface area contributed by atoms with E-state index in [2.05, 4.69) is 20.9 Å². The van der Waals surface area contributed by atoms with Gasteiger partial charge in [-0.1, -0.05) is 27.3 Å². The van der Waals surface area contributed by atoms with Crippen LogP contribution in [0.1, 0.15) is 19.8 Å². The summed E-state index contributed by atoms with van der Waals surface area (Å²) in [7, 11) is -3.42. The molecule has 1 aliphatic rings. The smallest absolute Gasteiger partial charge is 0.266 e. The highest BCUT2D eigenvalue weighted by Crippen LogP contribution is 2.24. The maximum atomic E-state index is 12.8. The first kappa shape index (κ1) is 20.7. The largest absolute Gasteiger partial charge is 0.380 e. The maximum absolute atomic E-state index is 12.8. The average Bonchev–Trinajstić information content (AvgIpc) is 3.20. The van der Waals surface area contributed by atoms with Crippen molar-refractivity contribution < 1.29 is 17.9 Å². The normalized spacial score (nSPS) is 19.2. The first-order valence-electron chi connectivity index (χ1n) is 8.73. The van der Waals surface area contributed by atoms with E-state index in [4.69, 9.17) is 4.74 Å². The van der Waals surface area contributed by atoms with E-state index in [1.807, 2.05) is 29.7 Å². The van der Waals surface area contributed by atoms with Crippen molar-refractivity contribution in [3.63, 3.8) is 0 Å². The Hall–Kier alpha value is -1.07. The highest BCUT2D eigenvalue weighted by Gasteiger charge is 2.36. The molecule has 1 amide bonds. The van der Waals surface area contributed by atoms with Gasteiger partial charge in [0.2, 0.25) is 10.0 Å². The highest BCUT2D eigenvalue weighted by atomic mass is 79.9. The molecule has 3 rings (SSSR count). The monoisotopic (exact) mass is 475 g/mol. The third kappa shape index (κ3) is 4.68. The minimum atomic E-state index is -3.42. The number of nitrogens with zero attached hydrogens (tertiary/aromatic N) is 3. The lowest BCUT2D eigenvalue weighted by Gasteiger charge is -2.18. The van der Waals surface area contributed by atoms with Gasteiger partial charge < -0.3 is 9.30 Å². The molecule has 0 N–H and O–H groups in total. The molecule has 1 fully saturated rings. The summed E-state index contributed by atoms with van der Waals surface area (Å²) >= 11 is 4.88. The highest BCUT2D eigenvalue weighted by molar-refractivity contribution is 9.10. The Balaban J connectivity index is 2.01. The number of carbonyl (C=O) groups is 1. The first-order chi connectivity index (χ1) is 12.8. The second-order valence-electron chi connectivity index (χ2n) is 6.33. The second kappa shape index (κ2) is 8.52.